The lowest BCUT2D eigenvalue weighted by Gasteiger charge is -2.34. The number of aromatic nitrogens is 2. The number of ether oxygens (including phenoxy) is 1. The van der Waals surface area contributed by atoms with Gasteiger partial charge >= 0.3 is 6.09 Å². The molecule has 6 heteroatoms. The third kappa shape index (κ3) is 4.40. The highest BCUT2D eigenvalue weighted by Gasteiger charge is 2.27. The molecule has 0 saturated carbocycles. The van der Waals surface area contributed by atoms with Crippen LogP contribution in [0.2, 0.25) is 5.15 Å². The Bertz CT molecular complexity index is 467. The highest BCUT2D eigenvalue weighted by molar-refractivity contribution is 6.29. The molecule has 0 radical (unpaired) electrons. The van der Waals surface area contributed by atoms with Crippen LogP contribution in [0.4, 0.5) is 4.79 Å². The van der Waals surface area contributed by atoms with Crippen LogP contribution >= 0.6 is 11.6 Å². The summed E-state index contributed by atoms with van der Waals surface area (Å²) < 4.78 is 7.40. The van der Waals surface area contributed by atoms with E-state index in [1.165, 1.54) is 0 Å². The largest absolute Gasteiger partial charge is 0.444 e. The lowest BCUT2D eigenvalue weighted by atomic mass is 9.98. The van der Waals surface area contributed by atoms with E-state index in [1.807, 2.05) is 31.5 Å². The maximum absolute atomic E-state index is 12.1. The zero-order chi connectivity index (χ0) is 14.8. The number of hydrogen-bond acceptors (Lipinski definition) is 3. The third-order valence-corrected chi connectivity index (χ3v) is 3.44. The van der Waals surface area contributed by atoms with Crippen molar-refractivity contribution in [2.45, 2.75) is 45.8 Å². The number of rotatable bonds is 2. The number of carbonyl (C=O) groups excluding carboxylic acids is 1. The van der Waals surface area contributed by atoms with E-state index in [2.05, 4.69) is 4.98 Å². The quantitative estimate of drug-likeness (QED) is 0.842. The smallest absolute Gasteiger partial charge is 0.410 e. The van der Waals surface area contributed by atoms with Gasteiger partial charge < -0.3 is 14.2 Å². The van der Waals surface area contributed by atoms with E-state index in [1.54, 1.807) is 11.2 Å². The van der Waals surface area contributed by atoms with Gasteiger partial charge in [-0.25, -0.2) is 9.78 Å². The summed E-state index contributed by atoms with van der Waals surface area (Å²) in [6.45, 7) is 8.00. The second-order valence-electron chi connectivity index (χ2n) is 6.33. The first kappa shape index (κ1) is 15.2. The van der Waals surface area contributed by atoms with Crippen LogP contribution in [-0.4, -0.2) is 39.2 Å². The molecule has 5 nitrogen and oxygen atoms in total. The molecule has 1 aliphatic rings. The van der Waals surface area contributed by atoms with Gasteiger partial charge in [-0.05, 0) is 39.5 Å². The minimum atomic E-state index is -0.443. The molecular weight excluding hydrogens is 278 g/mol. The van der Waals surface area contributed by atoms with Gasteiger partial charge in [0.15, 0.2) is 0 Å². The molecule has 1 aromatic rings. The molecule has 0 bridgehead atoms. The van der Waals surface area contributed by atoms with Gasteiger partial charge in [-0.3, -0.25) is 0 Å². The number of nitrogens with zero attached hydrogens (tertiary/aromatic N) is 3. The van der Waals surface area contributed by atoms with Crippen LogP contribution in [0.3, 0.4) is 0 Å². The van der Waals surface area contributed by atoms with Gasteiger partial charge in [0.05, 0.1) is 6.33 Å². The van der Waals surface area contributed by atoms with Crippen LogP contribution in [-0.2, 0) is 11.3 Å². The van der Waals surface area contributed by atoms with E-state index < -0.39 is 5.60 Å². The number of halogens is 1. The minimum Gasteiger partial charge on any atom is -0.444 e. The normalized spacial score (nSPS) is 20.0. The van der Waals surface area contributed by atoms with Crippen LogP contribution in [0.25, 0.3) is 0 Å². The van der Waals surface area contributed by atoms with Crippen molar-refractivity contribution in [2.75, 3.05) is 13.1 Å². The zero-order valence-electron chi connectivity index (χ0n) is 12.3. The van der Waals surface area contributed by atoms with Gasteiger partial charge in [0.1, 0.15) is 10.8 Å². The summed E-state index contributed by atoms with van der Waals surface area (Å²) in [6, 6.07) is 0. The van der Waals surface area contributed by atoms with Gasteiger partial charge in [0.2, 0.25) is 0 Å². The number of piperidine rings is 1. The van der Waals surface area contributed by atoms with Crippen molar-refractivity contribution in [3.63, 3.8) is 0 Å². The molecule has 1 amide bonds. The molecule has 0 aliphatic carbocycles. The Hall–Kier alpha value is -1.23. The summed E-state index contributed by atoms with van der Waals surface area (Å²) >= 11 is 5.81. The molecule has 0 N–H and O–H groups in total. The zero-order valence-corrected chi connectivity index (χ0v) is 13.1. The Balaban J connectivity index is 1.90. The fraction of sp³-hybridized carbons (Fsp3) is 0.714. The van der Waals surface area contributed by atoms with Gasteiger partial charge in [-0.2, -0.15) is 0 Å². The van der Waals surface area contributed by atoms with Crippen molar-refractivity contribution in [3.8, 4) is 0 Å². The summed E-state index contributed by atoms with van der Waals surface area (Å²) in [5.41, 5.74) is -0.443. The lowest BCUT2D eigenvalue weighted by molar-refractivity contribution is 0.0157. The Morgan fingerprint density at radius 2 is 2.30 bits per heavy atom. The third-order valence-electron chi connectivity index (χ3n) is 3.24. The number of amides is 1. The first-order chi connectivity index (χ1) is 9.33. The van der Waals surface area contributed by atoms with Crippen LogP contribution in [0.1, 0.15) is 33.6 Å². The van der Waals surface area contributed by atoms with E-state index in [0.717, 1.165) is 32.5 Å². The van der Waals surface area contributed by atoms with Gasteiger partial charge in [-0.15, -0.1) is 0 Å². The fourth-order valence-corrected chi connectivity index (χ4v) is 2.61. The maximum Gasteiger partial charge on any atom is 0.410 e. The Morgan fingerprint density at radius 1 is 1.55 bits per heavy atom. The first-order valence-corrected chi connectivity index (χ1v) is 7.36. The Labute approximate surface area is 124 Å². The van der Waals surface area contributed by atoms with Crippen LogP contribution in [0.15, 0.2) is 12.5 Å². The molecule has 1 aromatic heterocycles. The fourth-order valence-electron chi connectivity index (χ4n) is 2.44. The molecule has 1 unspecified atom stereocenters. The summed E-state index contributed by atoms with van der Waals surface area (Å²) in [5, 5.41) is 0.504. The van der Waals surface area contributed by atoms with E-state index in [-0.39, 0.29) is 6.09 Å². The van der Waals surface area contributed by atoms with E-state index in [0.29, 0.717) is 11.1 Å². The first-order valence-electron chi connectivity index (χ1n) is 6.99. The van der Waals surface area contributed by atoms with Crippen molar-refractivity contribution in [3.05, 3.63) is 17.7 Å². The lowest BCUT2D eigenvalue weighted by Crippen LogP contribution is -2.43. The van der Waals surface area contributed by atoms with Gasteiger partial charge in [0.25, 0.3) is 0 Å². The molecule has 1 fully saturated rings. The molecular formula is C14H22ClN3O2. The molecule has 2 heterocycles. The number of carbonyl (C=O) groups is 1. The van der Waals surface area contributed by atoms with E-state index >= 15 is 0 Å². The Morgan fingerprint density at radius 3 is 2.90 bits per heavy atom. The number of likely N-dealkylation sites (tertiary alicyclic amines) is 1. The SMILES string of the molecule is CC(C)(C)OC(=O)N1CCCC(Cn2cnc(Cl)c2)C1. The standard InChI is InChI=1S/C14H22ClN3O2/c1-14(2,3)20-13(19)18-6-4-5-11(8-18)7-17-9-12(15)16-10-17/h9-11H,4-8H2,1-3H3. The Kier molecular flexibility index (Phi) is 4.58. The molecule has 20 heavy (non-hydrogen) atoms. The average molecular weight is 300 g/mol. The van der Waals surface area contributed by atoms with Crippen LogP contribution < -0.4 is 0 Å². The van der Waals surface area contributed by atoms with Gasteiger partial charge in [-0.1, -0.05) is 11.6 Å². The van der Waals surface area contributed by atoms with Crippen LogP contribution in [0, 0.1) is 5.92 Å². The molecule has 112 valence electrons. The predicted molar refractivity (Wildman–Crippen MR) is 77.8 cm³/mol. The molecule has 2 rings (SSSR count). The minimum absolute atomic E-state index is 0.217. The van der Waals surface area contributed by atoms with Crippen molar-refractivity contribution in [1.29, 1.82) is 0 Å². The predicted octanol–water partition coefficient (Wildman–Crippen LogP) is 3.18. The summed E-state index contributed by atoms with van der Waals surface area (Å²) in [4.78, 5) is 17.9. The molecule has 1 saturated heterocycles. The summed E-state index contributed by atoms with van der Waals surface area (Å²) in [5.74, 6) is 0.418. The highest BCUT2D eigenvalue weighted by Crippen LogP contribution is 2.21. The molecule has 1 aliphatic heterocycles. The molecule has 0 aromatic carbocycles. The number of hydrogen-bond donors (Lipinski definition) is 0. The number of imidazole rings is 1. The monoisotopic (exact) mass is 299 g/mol. The highest BCUT2D eigenvalue weighted by atomic mass is 35.5. The van der Waals surface area contributed by atoms with E-state index in [4.69, 9.17) is 16.3 Å². The van der Waals surface area contributed by atoms with Crippen molar-refractivity contribution in [2.24, 2.45) is 5.92 Å². The second-order valence-corrected chi connectivity index (χ2v) is 6.72. The summed E-state index contributed by atoms with van der Waals surface area (Å²) in [6.07, 6.45) is 5.44. The van der Waals surface area contributed by atoms with Crippen molar-refractivity contribution >= 4 is 17.7 Å². The van der Waals surface area contributed by atoms with E-state index in [9.17, 15) is 4.79 Å². The van der Waals surface area contributed by atoms with Crippen LogP contribution in [0.5, 0.6) is 0 Å². The summed E-state index contributed by atoms with van der Waals surface area (Å²) in [7, 11) is 0. The molecule has 1 atom stereocenters. The average Bonchev–Trinajstić information content (AvgIpc) is 2.73. The van der Waals surface area contributed by atoms with Crippen molar-refractivity contribution in [1.82, 2.24) is 14.5 Å². The topological polar surface area (TPSA) is 47.4 Å². The van der Waals surface area contributed by atoms with Crippen molar-refractivity contribution < 1.29 is 9.53 Å². The molecule has 0 spiro atoms. The maximum atomic E-state index is 12.1. The second kappa shape index (κ2) is 6.04. The van der Waals surface area contributed by atoms with Gasteiger partial charge in [0, 0.05) is 25.8 Å².